The highest BCUT2D eigenvalue weighted by Gasteiger charge is 2.74. The molecule has 280 valence electrons. The van der Waals surface area contributed by atoms with E-state index < -0.39 is 70.3 Å². The number of dihydropyridines is 1. The second-order valence-corrected chi connectivity index (χ2v) is 17.9. The third kappa shape index (κ3) is 5.16. The second kappa shape index (κ2) is 12.6. The Labute approximate surface area is 296 Å². The van der Waals surface area contributed by atoms with Crippen LogP contribution in [-0.4, -0.2) is 97.5 Å². The molecule has 17 unspecified atom stereocenters. The Bertz CT molecular complexity index is 1450. The van der Waals surface area contributed by atoms with Crippen molar-refractivity contribution in [2.24, 2.45) is 58.0 Å². The van der Waals surface area contributed by atoms with E-state index in [4.69, 9.17) is 10.5 Å². The van der Waals surface area contributed by atoms with Crippen LogP contribution in [0.15, 0.2) is 35.2 Å². The highest BCUT2D eigenvalue weighted by molar-refractivity contribution is 6.00. The van der Waals surface area contributed by atoms with Gasteiger partial charge < -0.3 is 51.7 Å². The molecule has 2 bridgehead atoms. The second-order valence-electron chi connectivity index (χ2n) is 17.9. The van der Waals surface area contributed by atoms with E-state index >= 15 is 4.79 Å². The number of carbonyl (C=O) groups is 1. The van der Waals surface area contributed by atoms with Gasteiger partial charge in [-0.1, -0.05) is 26.8 Å². The molecule has 1 saturated heterocycles. The van der Waals surface area contributed by atoms with Gasteiger partial charge in [0.15, 0.2) is 5.78 Å². The lowest BCUT2D eigenvalue weighted by Gasteiger charge is -2.67. The summed E-state index contributed by atoms with van der Waals surface area (Å²) in [5.74, 6) is -1.66. The fourth-order valence-corrected chi connectivity index (χ4v) is 12.6. The first-order chi connectivity index (χ1) is 23.5. The van der Waals surface area contributed by atoms with Crippen LogP contribution >= 0.6 is 0 Å². The number of allylic oxidation sites excluding steroid dienone is 3. The highest BCUT2D eigenvalue weighted by Crippen LogP contribution is 2.73. The van der Waals surface area contributed by atoms with E-state index in [-0.39, 0.29) is 48.6 Å². The fourth-order valence-electron chi connectivity index (χ4n) is 12.6. The topological polar surface area (TPSA) is 198 Å². The van der Waals surface area contributed by atoms with Crippen LogP contribution < -0.4 is 16.4 Å². The van der Waals surface area contributed by atoms with Crippen LogP contribution in [0.2, 0.25) is 0 Å². The van der Waals surface area contributed by atoms with E-state index in [0.29, 0.717) is 56.4 Å². The molecule has 5 fully saturated rings. The summed E-state index contributed by atoms with van der Waals surface area (Å²) in [7, 11) is 0. The number of aliphatic hydroxyl groups excluding tert-OH is 4. The van der Waals surface area contributed by atoms with E-state index in [1.807, 2.05) is 32.2 Å². The van der Waals surface area contributed by atoms with Gasteiger partial charge in [0, 0.05) is 30.7 Å². The molecular weight excluding hydrogens is 638 g/mol. The zero-order valence-corrected chi connectivity index (χ0v) is 30.4. The molecule has 11 heteroatoms. The van der Waals surface area contributed by atoms with Crippen molar-refractivity contribution in [2.75, 3.05) is 13.2 Å². The summed E-state index contributed by atoms with van der Waals surface area (Å²) in [5, 5.41) is 77.3. The summed E-state index contributed by atoms with van der Waals surface area (Å²) in [6, 6.07) is 0. The maximum Gasteiger partial charge on any atom is 0.182 e. The molecule has 7 rings (SSSR count). The number of rotatable bonds is 8. The summed E-state index contributed by atoms with van der Waals surface area (Å²) in [6.07, 6.45) is 5.27. The zero-order chi connectivity index (χ0) is 36.1. The highest BCUT2D eigenvalue weighted by atomic mass is 16.5. The van der Waals surface area contributed by atoms with Gasteiger partial charge in [-0.3, -0.25) is 4.79 Å². The van der Waals surface area contributed by atoms with Crippen molar-refractivity contribution in [2.45, 2.75) is 134 Å². The third-order valence-electron chi connectivity index (χ3n) is 15.3. The zero-order valence-electron chi connectivity index (χ0n) is 30.4. The molecule has 0 radical (unpaired) electrons. The number of ether oxygens (including phenoxy) is 1. The lowest BCUT2D eigenvalue weighted by atomic mass is 9.37. The Balaban J connectivity index is 1.34. The van der Waals surface area contributed by atoms with Crippen molar-refractivity contribution in [3.05, 3.63) is 35.2 Å². The molecular formula is C39H61N3O8. The lowest BCUT2D eigenvalue weighted by Crippen LogP contribution is -2.70. The van der Waals surface area contributed by atoms with Gasteiger partial charge in [0.1, 0.15) is 6.10 Å². The average Bonchev–Trinajstić information content (AvgIpc) is 3.55. The van der Waals surface area contributed by atoms with Crippen LogP contribution in [0.1, 0.15) is 86.0 Å². The van der Waals surface area contributed by atoms with E-state index in [1.54, 1.807) is 13.8 Å². The smallest absolute Gasteiger partial charge is 0.182 e. The first-order valence-corrected chi connectivity index (χ1v) is 19.2. The van der Waals surface area contributed by atoms with E-state index in [0.717, 1.165) is 12.0 Å². The van der Waals surface area contributed by atoms with Crippen LogP contribution in [0, 0.1) is 52.3 Å². The fraction of sp³-hybridized carbons (Fsp3) is 0.821. The lowest BCUT2D eigenvalue weighted by molar-refractivity contribution is -0.216. The van der Waals surface area contributed by atoms with Crippen molar-refractivity contribution in [3.63, 3.8) is 0 Å². The molecule has 0 spiro atoms. The number of fused-ring (bicyclic) bond motifs is 3. The van der Waals surface area contributed by atoms with E-state index in [1.165, 1.54) is 0 Å². The van der Waals surface area contributed by atoms with Crippen molar-refractivity contribution >= 4 is 5.78 Å². The number of hydrogen-bond donors (Lipinski definition) is 9. The predicted octanol–water partition coefficient (Wildman–Crippen LogP) is 1.61. The van der Waals surface area contributed by atoms with Crippen molar-refractivity contribution in [1.82, 2.24) is 10.6 Å². The normalized spacial score (nSPS) is 49.2. The Kier molecular flexibility index (Phi) is 9.24. The van der Waals surface area contributed by atoms with Gasteiger partial charge in [-0.15, -0.1) is 0 Å². The minimum absolute atomic E-state index is 0.0155. The van der Waals surface area contributed by atoms with Gasteiger partial charge >= 0.3 is 0 Å². The van der Waals surface area contributed by atoms with Gasteiger partial charge in [-0.05, 0) is 123 Å². The number of Topliss-reactive ketones (excluding diaryl/α,β-unsaturated/α-hetero) is 1. The van der Waals surface area contributed by atoms with Crippen LogP contribution in [0.25, 0.3) is 0 Å². The summed E-state index contributed by atoms with van der Waals surface area (Å²) < 4.78 is 6.03. The Morgan fingerprint density at radius 3 is 2.54 bits per heavy atom. The largest absolute Gasteiger partial charge is 0.392 e. The molecule has 50 heavy (non-hydrogen) atoms. The van der Waals surface area contributed by atoms with Gasteiger partial charge in [0.2, 0.25) is 0 Å². The molecule has 4 saturated carbocycles. The molecule has 10 N–H and O–H groups in total. The minimum atomic E-state index is -1.58. The molecule has 2 heterocycles. The molecule has 5 aliphatic carbocycles. The van der Waals surface area contributed by atoms with Crippen molar-refractivity contribution in [3.8, 4) is 0 Å². The van der Waals surface area contributed by atoms with Gasteiger partial charge in [0.05, 0.1) is 47.5 Å². The van der Waals surface area contributed by atoms with E-state index in [9.17, 15) is 30.6 Å². The molecule has 0 aromatic heterocycles. The molecule has 11 nitrogen and oxygen atoms in total. The molecule has 0 amide bonds. The van der Waals surface area contributed by atoms with Crippen LogP contribution in [0.5, 0.6) is 0 Å². The van der Waals surface area contributed by atoms with Crippen molar-refractivity contribution in [1.29, 1.82) is 0 Å². The van der Waals surface area contributed by atoms with Gasteiger partial charge in [-0.2, -0.15) is 0 Å². The van der Waals surface area contributed by atoms with Gasteiger partial charge in [-0.25, -0.2) is 0 Å². The summed E-state index contributed by atoms with van der Waals surface area (Å²) in [5.41, 5.74) is 3.35. The Morgan fingerprint density at radius 2 is 1.90 bits per heavy atom. The van der Waals surface area contributed by atoms with Crippen LogP contribution in [0.3, 0.4) is 0 Å². The van der Waals surface area contributed by atoms with E-state index in [2.05, 4.69) is 17.6 Å². The molecule has 0 aromatic carbocycles. The quantitative estimate of drug-likeness (QED) is 0.179. The van der Waals surface area contributed by atoms with Crippen LogP contribution in [-0.2, 0) is 9.53 Å². The minimum Gasteiger partial charge on any atom is -0.392 e. The predicted molar refractivity (Wildman–Crippen MR) is 187 cm³/mol. The van der Waals surface area contributed by atoms with Crippen molar-refractivity contribution < 1.29 is 40.2 Å². The average molecular weight is 700 g/mol. The Hall–Kier alpha value is -1.83. The standard InChI is InChI=1S/C39H61N3O8/c1-19-18-50-34(21(19)3)35(47)37(5,48)27-11-13-39(49)30-25(10-12-36(27,39)4)38-15-26(44)32(45)24(29(38)33(46)31(30)42-16-20(2)43)8-7-23(38)14-22-6-9-28(40)41-17-22/h6,9,17,19-21,23-29,32,34-35,41-45,47-49H,7-8,10-16,18,40H2,1-5H3. The third-order valence-corrected chi connectivity index (χ3v) is 15.3. The van der Waals surface area contributed by atoms with Gasteiger partial charge in [0.25, 0.3) is 0 Å². The Morgan fingerprint density at radius 1 is 1.16 bits per heavy atom. The summed E-state index contributed by atoms with van der Waals surface area (Å²) >= 11 is 0. The molecule has 17 atom stereocenters. The molecule has 7 aliphatic rings. The number of ketones is 1. The number of hydrogen-bond acceptors (Lipinski definition) is 11. The molecule has 2 aliphatic heterocycles. The monoisotopic (exact) mass is 699 g/mol. The number of carbonyl (C=O) groups excluding carboxylic acids is 1. The first-order valence-electron chi connectivity index (χ1n) is 19.2. The number of aliphatic hydroxyl groups is 6. The maximum absolute atomic E-state index is 15.2. The molecule has 0 aromatic rings. The first kappa shape index (κ1) is 36.5. The summed E-state index contributed by atoms with van der Waals surface area (Å²) in [6.45, 7) is 10.1. The SMILES string of the molecule is CC(O)CNC1=C2C(CCC3(C)C(C(C)(O)C(O)C4OCC(C)C4C)CCC23O)C23CC(O)C(O)C(CCC2CC2=CNC(N)C=C2)C3C1=O. The number of nitrogens with one attached hydrogen (secondary N) is 2. The summed E-state index contributed by atoms with van der Waals surface area (Å²) in [4.78, 5) is 15.2. The maximum atomic E-state index is 15.2. The van der Waals surface area contributed by atoms with Crippen LogP contribution in [0.4, 0.5) is 0 Å². The number of nitrogens with two attached hydrogens (primary N) is 1.